The van der Waals surface area contributed by atoms with Crippen LogP contribution in [0.15, 0.2) is 90.3 Å². The van der Waals surface area contributed by atoms with Crippen molar-refractivity contribution in [2.45, 2.75) is 11.8 Å². The van der Waals surface area contributed by atoms with Crippen molar-refractivity contribution in [3.63, 3.8) is 0 Å². The Balaban J connectivity index is 2.06. The molecule has 1 N–H and O–H groups in total. The minimum atomic E-state index is -3.88. The molecule has 0 radical (unpaired) electrons. The Morgan fingerprint density at radius 2 is 1.52 bits per heavy atom. The molecule has 0 aliphatic carbocycles. The first-order valence-corrected chi connectivity index (χ1v) is 9.94. The lowest BCUT2D eigenvalue weighted by Crippen LogP contribution is -2.32. The smallest absolute Gasteiger partial charge is 0.264 e. The molecular weight excluding hydrogens is 358 g/mol. The molecule has 0 saturated heterocycles. The van der Waals surface area contributed by atoms with Gasteiger partial charge in [-0.05, 0) is 42.3 Å². The molecule has 3 aromatic rings. The van der Waals surface area contributed by atoms with Crippen LogP contribution in [-0.2, 0) is 10.0 Å². The first-order chi connectivity index (χ1) is 12.9. The van der Waals surface area contributed by atoms with Crippen LogP contribution in [0.1, 0.15) is 11.1 Å². The molecule has 5 heteroatoms. The highest BCUT2D eigenvalue weighted by Gasteiger charge is 2.27. The summed E-state index contributed by atoms with van der Waals surface area (Å²) in [6.07, 6.45) is 0. The van der Waals surface area contributed by atoms with Gasteiger partial charge in [0.15, 0.2) is 0 Å². The van der Waals surface area contributed by atoms with Gasteiger partial charge in [-0.1, -0.05) is 66.7 Å². The van der Waals surface area contributed by atoms with Crippen LogP contribution in [0.2, 0.25) is 0 Å². The van der Waals surface area contributed by atoms with E-state index in [0.29, 0.717) is 5.57 Å². The second-order valence-corrected chi connectivity index (χ2v) is 8.15. The van der Waals surface area contributed by atoms with Gasteiger partial charge in [-0.2, -0.15) is 0 Å². The van der Waals surface area contributed by atoms with Crippen LogP contribution in [0.5, 0.6) is 5.75 Å². The second-order valence-electron chi connectivity index (χ2n) is 6.28. The number of aryl methyl sites for hydroxylation is 1. The summed E-state index contributed by atoms with van der Waals surface area (Å²) in [5.41, 5.74) is 2.67. The van der Waals surface area contributed by atoms with Gasteiger partial charge in [-0.15, -0.1) is 0 Å². The van der Waals surface area contributed by atoms with Crippen LogP contribution in [0, 0.1) is 6.92 Å². The van der Waals surface area contributed by atoms with E-state index in [1.807, 2.05) is 37.3 Å². The van der Waals surface area contributed by atoms with Crippen molar-refractivity contribution in [1.29, 1.82) is 0 Å². The summed E-state index contributed by atoms with van der Waals surface area (Å²) in [5.74, 6) is -0.103. The van der Waals surface area contributed by atoms with Crippen LogP contribution in [0.3, 0.4) is 0 Å². The maximum Gasteiger partial charge on any atom is 0.264 e. The number of hydrogen-bond donors (Lipinski definition) is 1. The number of benzene rings is 3. The zero-order valence-corrected chi connectivity index (χ0v) is 15.9. The molecule has 0 heterocycles. The summed E-state index contributed by atoms with van der Waals surface area (Å²) in [4.78, 5) is 0.164. The van der Waals surface area contributed by atoms with Gasteiger partial charge in [0.2, 0.25) is 0 Å². The van der Waals surface area contributed by atoms with Crippen molar-refractivity contribution >= 4 is 21.3 Å². The van der Waals surface area contributed by atoms with E-state index in [-0.39, 0.29) is 22.9 Å². The van der Waals surface area contributed by atoms with Crippen molar-refractivity contribution in [2.24, 2.45) is 0 Å². The number of aromatic hydroxyl groups is 1. The Hall–Kier alpha value is -3.05. The number of rotatable bonds is 6. The van der Waals surface area contributed by atoms with Crippen molar-refractivity contribution < 1.29 is 13.5 Å². The molecule has 3 aromatic carbocycles. The molecule has 0 saturated carbocycles. The first kappa shape index (κ1) is 18.7. The van der Waals surface area contributed by atoms with Gasteiger partial charge >= 0.3 is 0 Å². The van der Waals surface area contributed by atoms with E-state index >= 15 is 0 Å². The largest absolute Gasteiger partial charge is 0.506 e. The second kappa shape index (κ2) is 7.68. The van der Waals surface area contributed by atoms with Crippen molar-refractivity contribution in [1.82, 2.24) is 0 Å². The fourth-order valence-corrected chi connectivity index (χ4v) is 4.22. The molecule has 0 amide bonds. The number of sulfonamides is 1. The minimum absolute atomic E-state index is 0.0256. The van der Waals surface area contributed by atoms with Crippen LogP contribution in [0.25, 0.3) is 5.57 Å². The van der Waals surface area contributed by atoms with Gasteiger partial charge in [0.05, 0.1) is 17.1 Å². The summed E-state index contributed by atoms with van der Waals surface area (Å²) >= 11 is 0. The van der Waals surface area contributed by atoms with E-state index < -0.39 is 10.0 Å². The summed E-state index contributed by atoms with van der Waals surface area (Å²) in [5, 5.41) is 10.3. The standard InChI is InChI=1S/C22H21NO3S/c1-17-12-14-20(15-13-17)27(25,26)23(21-10-6-7-11-22(21)24)16-18(2)19-8-4-3-5-9-19/h3-15,24H,2,16H2,1H3. The van der Waals surface area contributed by atoms with E-state index in [2.05, 4.69) is 6.58 Å². The fourth-order valence-electron chi connectivity index (χ4n) is 2.75. The number of hydrogen-bond acceptors (Lipinski definition) is 3. The SMILES string of the molecule is C=C(CN(c1ccccc1O)S(=O)(=O)c1ccc(C)cc1)c1ccccc1. The molecule has 0 atom stereocenters. The first-order valence-electron chi connectivity index (χ1n) is 8.50. The lowest BCUT2D eigenvalue weighted by Gasteiger charge is -2.26. The van der Waals surface area contributed by atoms with Gasteiger partial charge in [0.25, 0.3) is 10.0 Å². The molecule has 0 aromatic heterocycles. The molecule has 27 heavy (non-hydrogen) atoms. The lowest BCUT2D eigenvalue weighted by molar-refractivity contribution is 0.475. The zero-order chi connectivity index (χ0) is 19.4. The van der Waals surface area contributed by atoms with Gasteiger partial charge in [-0.25, -0.2) is 8.42 Å². The van der Waals surface area contributed by atoms with Crippen LogP contribution in [0.4, 0.5) is 5.69 Å². The Bertz CT molecular complexity index is 1040. The number of anilines is 1. The van der Waals surface area contributed by atoms with Crippen LogP contribution in [-0.4, -0.2) is 20.1 Å². The third-order valence-corrected chi connectivity index (χ3v) is 6.05. The number of phenolic OH excluding ortho intramolecular Hbond substituents is 1. The van der Waals surface area contributed by atoms with Gasteiger partial charge in [0, 0.05) is 0 Å². The molecule has 0 unspecified atom stereocenters. The predicted molar refractivity (Wildman–Crippen MR) is 109 cm³/mol. The van der Waals surface area contributed by atoms with Gasteiger partial charge in [0.1, 0.15) is 5.75 Å². The lowest BCUT2D eigenvalue weighted by atomic mass is 10.1. The van der Waals surface area contributed by atoms with Crippen LogP contribution < -0.4 is 4.31 Å². The third-order valence-electron chi connectivity index (χ3n) is 4.28. The highest BCUT2D eigenvalue weighted by molar-refractivity contribution is 7.92. The Labute approximate surface area is 160 Å². The molecule has 138 valence electrons. The monoisotopic (exact) mass is 379 g/mol. The van der Waals surface area contributed by atoms with Crippen LogP contribution >= 0.6 is 0 Å². The van der Waals surface area contributed by atoms with Crippen molar-refractivity contribution in [3.8, 4) is 5.75 Å². The molecular formula is C22H21NO3S. The normalized spacial score (nSPS) is 11.1. The summed E-state index contributed by atoms with van der Waals surface area (Å²) in [6.45, 7) is 5.98. The maximum absolute atomic E-state index is 13.3. The highest BCUT2D eigenvalue weighted by Crippen LogP contribution is 2.33. The van der Waals surface area contributed by atoms with Gasteiger partial charge < -0.3 is 5.11 Å². The Morgan fingerprint density at radius 3 is 2.15 bits per heavy atom. The average molecular weight is 379 g/mol. The highest BCUT2D eigenvalue weighted by atomic mass is 32.2. The van der Waals surface area contributed by atoms with Crippen molar-refractivity contribution in [2.75, 3.05) is 10.8 Å². The Morgan fingerprint density at radius 1 is 0.926 bits per heavy atom. The molecule has 0 spiro atoms. The summed E-state index contributed by atoms with van der Waals surface area (Å²) in [7, 11) is -3.88. The van der Waals surface area contributed by atoms with E-state index in [0.717, 1.165) is 11.1 Å². The molecule has 0 aliphatic rings. The minimum Gasteiger partial charge on any atom is -0.506 e. The quantitative estimate of drug-likeness (QED) is 0.680. The molecule has 4 nitrogen and oxygen atoms in total. The molecule has 0 aliphatic heterocycles. The van der Waals surface area contributed by atoms with E-state index in [9.17, 15) is 13.5 Å². The summed E-state index contributed by atoms with van der Waals surface area (Å²) < 4.78 is 27.9. The average Bonchev–Trinajstić information content (AvgIpc) is 2.67. The molecule has 0 bridgehead atoms. The van der Waals surface area contributed by atoms with E-state index in [4.69, 9.17) is 0 Å². The van der Waals surface area contributed by atoms with E-state index in [1.54, 1.807) is 42.5 Å². The Kier molecular flexibility index (Phi) is 5.33. The van der Waals surface area contributed by atoms with E-state index in [1.165, 1.54) is 10.4 Å². The predicted octanol–water partition coefficient (Wildman–Crippen LogP) is 4.61. The number of phenols is 1. The molecule has 0 fully saturated rings. The third kappa shape index (κ3) is 4.04. The summed E-state index contributed by atoms with van der Waals surface area (Å²) in [6, 6.07) is 22.4. The maximum atomic E-state index is 13.3. The molecule has 3 rings (SSSR count). The zero-order valence-electron chi connectivity index (χ0n) is 15.0. The van der Waals surface area contributed by atoms with Crippen molar-refractivity contribution in [3.05, 3.63) is 96.6 Å². The van der Waals surface area contributed by atoms with Gasteiger partial charge in [-0.3, -0.25) is 4.31 Å². The number of nitrogens with zero attached hydrogens (tertiary/aromatic N) is 1. The topological polar surface area (TPSA) is 57.6 Å². The number of para-hydroxylation sites is 2. The fraction of sp³-hybridized carbons (Fsp3) is 0.0909.